The second kappa shape index (κ2) is 7.89. The summed E-state index contributed by atoms with van der Waals surface area (Å²) >= 11 is 0. The molecule has 0 unspecified atom stereocenters. The number of nitrogens with zero attached hydrogens (tertiary/aromatic N) is 1. The van der Waals surface area contributed by atoms with Crippen molar-refractivity contribution in [3.05, 3.63) is 102 Å². The zero-order chi connectivity index (χ0) is 22.2. The molecule has 0 atom stereocenters. The molecule has 4 nitrogen and oxygen atoms in total. The fourth-order valence-corrected chi connectivity index (χ4v) is 4.60. The van der Waals surface area contributed by atoms with E-state index in [0.29, 0.717) is 22.9 Å². The van der Waals surface area contributed by atoms with Gasteiger partial charge in [0.15, 0.2) is 0 Å². The first-order valence-corrected chi connectivity index (χ1v) is 10.8. The normalized spacial score (nSPS) is 11.3. The topological polar surface area (TPSA) is 68.2 Å². The van der Waals surface area contributed by atoms with Gasteiger partial charge in [0, 0.05) is 17.5 Å². The van der Waals surface area contributed by atoms with Crippen LogP contribution in [0, 0.1) is 0 Å². The Hall–Kier alpha value is -4.05. The third-order valence-corrected chi connectivity index (χ3v) is 6.13. The maximum atomic E-state index is 12.2. The molecular weight excluding hydrogens is 396 g/mol. The molecule has 4 aromatic carbocycles. The molecule has 1 aromatic heterocycles. The number of carbonyl (C=O) groups excluding carboxylic acids is 1. The summed E-state index contributed by atoms with van der Waals surface area (Å²) < 4.78 is 2.18. The van der Waals surface area contributed by atoms with E-state index in [1.54, 1.807) is 12.1 Å². The lowest BCUT2D eigenvalue weighted by atomic mass is 9.99. The van der Waals surface area contributed by atoms with E-state index in [9.17, 15) is 9.90 Å². The molecule has 0 fully saturated rings. The van der Waals surface area contributed by atoms with Crippen LogP contribution in [0.4, 0.5) is 0 Å². The molecule has 0 aliphatic carbocycles. The maximum Gasteiger partial charge on any atom is 0.249 e. The first-order chi connectivity index (χ1) is 15.6. The highest BCUT2D eigenvalue weighted by Gasteiger charge is 2.20. The quantitative estimate of drug-likeness (QED) is 0.373. The van der Waals surface area contributed by atoms with Gasteiger partial charge in [-0.2, -0.15) is 0 Å². The monoisotopic (exact) mass is 420 g/mol. The molecule has 0 bridgehead atoms. The van der Waals surface area contributed by atoms with Crippen molar-refractivity contribution in [1.82, 2.24) is 4.57 Å². The maximum absolute atomic E-state index is 12.2. The van der Waals surface area contributed by atoms with E-state index < -0.39 is 5.91 Å². The van der Waals surface area contributed by atoms with Crippen LogP contribution in [0.3, 0.4) is 0 Å². The second-order valence-electron chi connectivity index (χ2n) is 8.04. The molecule has 0 radical (unpaired) electrons. The molecule has 1 heterocycles. The van der Waals surface area contributed by atoms with Gasteiger partial charge in [0.2, 0.25) is 5.91 Å². The van der Waals surface area contributed by atoms with Crippen LogP contribution in [0.2, 0.25) is 0 Å². The van der Waals surface area contributed by atoms with Gasteiger partial charge in [-0.25, -0.2) is 0 Å². The number of primary amides is 1. The summed E-state index contributed by atoms with van der Waals surface area (Å²) in [5, 5.41) is 12.3. The molecule has 32 heavy (non-hydrogen) atoms. The van der Waals surface area contributed by atoms with Crippen molar-refractivity contribution in [1.29, 1.82) is 0 Å². The number of aryl methyl sites for hydroxylation is 1. The van der Waals surface area contributed by atoms with Crippen molar-refractivity contribution in [3.8, 4) is 16.9 Å². The summed E-state index contributed by atoms with van der Waals surface area (Å²) in [6.07, 6.45) is 0.800. The number of benzene rings is 4. The van der Waals surface area contributed by atoms with E-state index in [1.165, 1.54) is 0 Å². The summed E-state index contributed by atoms with van der Waals surface area (Å²) in [5.41, 5.74) is 12.4. The van der Waals surface area contributed by atoms with E-state index in [4.69, 9.17) is 5.73 Å². The average Bonchev–Trinajstić information content (AvgIpc) is 3.13. The molecule has 4 heteroatoms. The van der Waals surface area contributed by atoms with Gasteiger partial charge in [0.05, 0.1) is 16.4 Å². The number of hydrogen-bond acceptors (Lipinski definition) is 2. The molecule has 0 aliphatic rings. The largest absolute Gasteiger partial charge is 0.507 e. The number of aromatic nitrogens is 1. The van der Waals surface area contributed by atoms with Gasteiger partial charge in [0.1, 0.15) is 5.75 Å². The van der Waals surface area contributed by atoms with E-state index in [2.05, 4.69) is 41.8 Å². The first kappa shape index (κ1) is 19.9. The Balaban J connectivity index is 1.81. The highest BCUT2D eigenvalue weighted by atomic mass is 16.3. The summed E-state index contributed by atoms with van der Waals surface area (Å²) in [5.74, 6) is -0.327. The van der Waals surface area contributed by atoms with E-state index >= 15 is 0 Å². The Morgan fingerprint density at radius 3 is 2.38 bits per heavy atom. The van der Waals surface area contributed by atoms with Crippen LogP contribution in [0.15, 0.2) is 84.9 Å². The molecular formula is C28H24N2O2. The highest BCUT2D eigenvalue weighted by molar-refractivity contribution is 6.19. The van der Waals surface area contributed by atoms with E-state index in [1.807, 2.05) is 42.5 Å². The summed E-state index contributed by atoms with van der Waals surface area (Å²) in [6, 6.07) is 28.1. The van der Waals surface area contributed by atoms with Gasteiger partial charge in [-0.15, -0.1) is 0 Å². The highest BCUT2D eigenvalue weighted by Crippen LogP contribution is 2.39. The zero-order valence-electron chi connectivity index (χ0n) is 17.9. The van der Waals surface area contributed by atoms with E-state index in [0.717, 1.165) is 39.7 Å². The molecule has 158 valence electrons. The van der Waals surface area contributed by atoms with Gasteiger partial charge in [0.25, 0.3) is 0 Å². The number of amides is 1. The van der Waals surface area contributed by atoms with Crippen molar-refractivity contribution >= 4 is 27.7 Å². The van der Waals surface area contributed by atoms with Crippen molar-refractivity contribution < 1.29 is 9.90 Å². The Kier molecular flexibility index (Phi) is 4.91. The number of hydrogen-bond donors (Lipinski definition) is 2. The van der Waals surface area contributed by atoms with Crippen LogP contribution in [0.5, 0.6) is 5.75 Å². The fraction of sp³-hybridized carbons (Fsp3) is 0.107. The Labute approximate surface area is 186 Å². The van der Waals surface area contributed by atoms with Gasteiger partial charge in [-0.3, -0.25) is 4.79 Å². The van der Waals surface area contributed by atoms with Crippen LogP contribution < -0.4 is 5.73 Å². The lowest BCUT2D eigenvalue weighted by Crippen LogP contribution is -2.11. The minimum atomic E-state index is -0.502. The van der Waals surface area contributed by atoms with Crippen LogP contribution in [-0.4, -0.2) is 15.6 Å². The van der Waals surface area contributed by atoms with Crippen LogP contribution >= 0.6 is 0 Å². The predicted molar refractivity (Wildman–Crippen MR) is 130 cm³/mol. The number of aromatic hydroxyl groups is 1. The lowest BCUT2D eigenvalue weighted by Gasteiger charge is -2.13. The number of nitrogens with two attached hydrogens (primary N) is 1. The first-order valence-electron chi connectivity index (χ1n) is 10.8. The summed E-state index contributed by atoms with van der Waals surface area (Å²) in [7, 11) is 0. The SMILES string of the molecule is CCc1cc(O)c2c3c(C(N)=O)cccc3n(Cc3ccccc3-c3ccccc3)c2c1. The van der Waals surface area contributed by atoms with Gasteiger partial charge >= 0.3 is 0 Å². The van der Waals surface area contributed by atoms with Gasteiger partial charge in [-0.1, -0.05) is 67.6 Å². The molecule has 0 aliphatic heterocycles. The lowest BCUT2D eigenvalue weighted by molar-refractivity contribution is 0.100. The predicted octanol–water partition coefficient (Wildman–Crippen LogP) is 5.88. The third-order valence-electron chi connectivity index (χ3n) is 6.13. The standard InChI is InChI=1S/C28H24N2O2/c1-2-18-15-24-27(25(31)16-18)26-22(28(29)32)13-8-14-23(26)30(24)17-20-11-6-7-12-21(20)19-9-4-3-5-10-19/h3-16,31H,2,17H2,1H3,(H2,29,32). The molecule has 3 N–H and O–H groups in total. The average molecular weight is 421 g/mol. The van der Waals surface area contributed by atoms with Crippen LogP contribution in [0.1, 0.15) is 28.4 Å². The smallest absolute Gasteiger partial charge is 0.249 e. The van der Waals surface area contributed by atoms with Crippen molar-refractivity contribution in [2.75, 3.05) is 0 Å². The summed E-state index contributed by atoms with van der Waals surface area (Å²) in [6.45, 7) is 2.66. The number of phenolic OH excluding ortho intramolecular Hbond substituents is 1. The molecule has 5 rings (SSSR count). The molecule has 0 saturated carbocycles. The van der Waals surface area contributed by atoms with Gasteiger partial charge < -0.3 is 15.4 Å². The second-order valence-corrected chi connectivity index (χ2v) is 8.04. The Morgan fingerprint density at radius 1 is 0.875 bits per heavy atom. The van der Waals surface area contributed by atoms with Crippen LogP contribution in [-0.2, 0) is 13.0 Å². The van der Waals surface area contributed by atoms with Crippen molar-refractivity contribution in [2.45, 2.75) is 19.9 Å². The molecule has 0 saturated heterocycles. The molecule has 0 spiro atoms. The summed E-state index contributed by atoms with van der Waals surface area (Å²) in [4.78, 5) is 12.2. The van der Waals surface area contributed by atoms with Gasteiger partial charge in [-0.05, 0) is 52.9 Å². The Bertz CT molecular complexity index is 1470. The van der Waals surface area contributed by atoms with Crippen molar-refractivity contribution in [3.63, 3.8) is 0 Å². The fourth-order valence-electron chi connectivity index (χ4n) is 4.60. The zero-order valence-corrected chi connectivity index (χ0v) is 17.9. The number of phenols is 1. The van der Waals surface area contributed by atoms with Crippen LogP contribution in [0.25, 0.3) is 32.9 Å². The van der Waals surface area contributed by atoms with E-state index in [-0.39, 0.29) is 5.75 Å². The number of carbonyl (C=O) groups is 1. The Morgan fingerprint density at radius 2 is 1.62 bits per heavy atom. The minimum absolute atomic E-state index is 0.174. The molecule has 5 aromatic rings. The molecule has 1 amide bonds. The third kappa shape index (κ3) is 3.21. The number of fused-ring (bicyclic) bond motifs is 3. The number of rotatable bonds is 5. The van der Waals surface area contributed by atoms with Crippen molar-refractivity contribution in [2.24, 2.45) is 5.73 Å². The minimum Gasteiger partial charge on any atom is -0.507 e.